The molecule has 1 fully saturated rings. The summed E-state index contributed by atoms with van der Waals surface area (Å²) >= 11 is 0. The molecule has 1 aliphatic rings. The van der Waals surface area contributed by atoms with Crippen LogP contribution in [0, 0.1) is 5.41 Å². The number of aromatic nitrogens is 2. The van der Waals surface area contributed by atoms with Gasteiger partial charge in [0, 0.05) is 17.5 Å². The highest BCUT2D eigenvalue weighted by Gasteiger charge is 2.37. The maximum absolute atomic E-state index is 12.1. The van der Waals surface area contributed by atoms with Gasteiger partial charge in [0.25, 0.3) is 0 Å². The van der Waals surface area contributed by atoms with Gasteiger partial charge >= 0.3 is 0 Å². The van der Waals surface area contributed by atoms with Crippen molar-refractivity contribution in [1.82, 2.24) is 10.2 Å². The summed E-state index contributed by atoms with van der Waals surface area (Å²) in [6, 6.07) is 5.72. The van der Waals surface area contributed by atoms with Crippen LogP contribution >= 0.6 is 0 Å². The van der Waals surface area contributed by atoms with Gasteiger partial charge in [0.1, 0.15) is 0 Å². The zero-order valence-electron chi connectivity index (χ0n) is 10.8. The molecule has 1 saturated carbocycles. The summed E-state index contributed by atoms with van der Waals surface area (Å²) in [6.07, 6.45) is 5.59. The van der Waals surface area contributed by atoms with Crippen LogP contribution in [0.2, 0.25) is 0 Å². The van der Waals surface area contributed by atoms with Crippen molar-refractivity contribution in [2.24, 2.45) is 11.1 Å². The highest BCUT2D eigenvalue weighted by Crippen LogP contribution is 2.43. The van der Waals surface area contributed by atoms with E-state index in [-0.39, 0.29) is 11.3 Å². The average molecular weight is 258 g/mol. The van der Waals surface area contributed by atoms with Crippen LogP contribution in [-0.2, 0) is 4.79 Å². The molecule has 0 bridgehead atoms. The molecule has 1 amide bonds. The molecule has 2 aromatic rings. The first-order valence-corrected chi connectivity index (χ1v) is 6.64. The number of nitrogens with zero attached hydrogens (tertiary/aromatic N) is 1. The number of carbonyl (C=O) groups excluding carboxylic acids is 1. The minimum absolute atomic E-state index is 0.0455. The highest BCUT2D eigenvalue weighted by molar-refractivity contribution is 5.93. The van der Waals surface area contributed by atoms with Gasteiger partial charge in [0.15, 0.2) is 0 Å². The number of hydrogen-bond donors (Lipinski definition) is 3. The second-order valence-electron chi connectivity index (χ2n) is 5.45. The first-order chi connectivity index (χ1) is 9.21. The Morgan fingerprint density at radius 1 is 1.47 bits per heavy atom. The molecule has 100 valence electrons. The smallest absolute Gasteiger partial charge is 0.224 e. The van der Waals surface area contributed by atoms with Crippen LogP contribution in [0.4, 0.5) is 5.69 Å². The van der Waals surface area contributed by atoms with E-state index in [1.807, 2.05) is 18.2 Å². The number of amides is 1. The number of aromatic amines is 1. The molecule has 0 saturated heterocycles. The number of carbonyl (C=O) groups is 1. The highest BCUT2D eigenvalue weighted by atomic mass is 16.1. The zero-order valence-corrected chi connectivity index (χ0v) is 10.8. The maximum atomic E-state index is 12.1. The van der Waals surface area contributed by atoms with E-state index in [1.165, 1.54) is 6.42 Å². The van der Waals surface area contributed by atoms with E-state index in [1.54, 1.807) is 6.20 Å². The Kier molecular flexibility index (Phi) is 2.98. The molecule has 0 atom stereocenters. The fourth-order valence-electron chi connectivity index (χ4n) is 2.70. The van der Waals surface area contributed by atoms with Gasteiger partial charge in [-0.2, -0.15) is 5.10 Å². The number of benzene rings is 1. The second kappa shape index (κ2) is 4.66. The number of rotatable bonds is 4. The van der Waals surface area contributed by atoms with Gasteiger partial charge in [-0.1, -0.05) is 6.42 Å². The lowest BCUT2D eigenvalue weighted by Gasteiger charge is -2.40. The molecular weight excluding hydrogens is 240 g/mol. The molecule has 0 radical (unpaired) electrons. The van der Waals surface area contributed by atoms with Gasteiger partial charge in [-0.25, -0.2) is 0 Å². The minimum atomic E-state index is 0.0455. The van der Waals surface area contributed by atoms with Crippen LogP contribution in [0.25, 0.3) is 10.9 Å². The molecule has 4 N–H and O–H groups in total. The van der Waals surface area contributed by atoms with E-state index in [0.29, 0.717) is 13.0 Å². The standard InChI is InChI=1S/C14H18N4O/c15-9-14(4-1-5-14)7-13(19)17-11-2-3-12-10(6-11)8-16-18-12/h2-3,6,8H,1,4-5,7,9,15H2,(H,16,18)(H,17,19). The summed E-state index contributed by atoms with van der Waals surface area (Å²) in [6.45, 7) is 0.598. The van der Waals surface area contributed by atoms with Crippen molar-refractivity contribution in [3.63, 3.8) is 0 Å². The van der Waals surface area contributed by atoms with Crippen molar-refractivity contribution in [3.05, 3.63) is 24.4 Å². The van der Waals surface area contributed by atoms with Crippen molar-refractivity contribution < 1.29 is 4.79 Å². The Balaban J connectivity index is 1.68. The fourth-order valence-corrected chi connectivity index (χ4v) is 2.70. The topological polar surface area (TPSA) is 83.8 Å². The molecule has 1 aromatic heterocycles. The Morgan fingerprint density at radius 3 is 3.00 bits per heavy atom. The van der Waals surface area contributed by atoms with E-state index >= 15 is 0 Å². The van der Waals surface area contributed by atoms with Crippen molar-refractivity contribution in [1.29, 1.82) is 0 Å². The molecule has 1 heterocycles. The van der Waals surface area contributed by atoms with E-state index in [9.17, 15) is 4.79 Å². The summed E-state index contributed by atoms with van der Waals surface area (Å²) in [5.74, 6) is 0.0491. The van der Waals surface area contributed by atoms with Gasteiger partial charge in [0.05, 0.1) is 11.7 Å². The summed E-state index contributed by atoms with van der Waals surface area (Å²) in [4.78, 5) is 12.1. The van der Waals surface area contributed by atoms with E-state index < -0.39 is 0 Å². The van der Waals surface area contributed by atoms with Crippen molar-refractivity contribution in [3.8, 4) is 0 Å². The van der Waals surface area contributed by atoms with Gasteiger partial charge in [-0.15, -0.1) is 0 Å². The first kappa shape index (κ1) is 12.2. The van der Waals surface area contributed by atoms with E-state index in [2.05, 4.69) is 15.5 Å². The summed E-state index contributed by atoms with van der Waals surface area (Å²) in [5, 5.41) is 10.8. The van der Waals surface area contributed by atoms with E-state index in [4.69, 9.17) is 5.73 Å². The van der Waals surface area contributed by atoms with Gasteiger partial charge in [-0.3, -0.25) is 9.89 Å². The normalized spacial score (nSPS) is 17.1. The number of nitrogens with two attached hydrogens (primary N) is 1. The average Bonchev–Trinajstić information content (AvgIpc) is 2.81. The van der Waals surface area contributed by atoms with Gasteiger partial charge in [-0.05, 0) is 43.0 Å². The monoisotopic (exact) mass is 258 g/mol. The van der Waals surface area contributed by atoms with E-state index in [0.717, 1.165) is 29.4 Å². The molecule has 5 heteroatoms. The predicted octanol–water partition coefficient (Wildman–Crippen LogP) is 2.02. The Hall–Kier alpha value is -1.88. The zero-order chi connectivity index (χ0) is 13.3. The Bertz CT molecular complexity index is 595. The molecule has 0 unspecified atom stereocenters. The second-order valence-corrected chi connectivity index (χ2v) is 5.45. The number of fused-ring (bicyclic) bond motifs is 1. The predicted molar refractivity (Wildman–Crippen MR) is 74.7 cm³/mol. The molecule has 5 nitrogen and oxygen atoms in total. The lowest BCUT2D eigenvalue weighted by molar-refractivity contribution is -0.119. The third kappa shape index (κ3) is 2.33. The molecule has 0 spiro atoms. The van der Waals surface area contributed by atoms with Crippen molar-refractivity contribution >= 4 is 22.5 Å². The maximum Gasteiger partial charge on any atom is 0.224 e. The van der Waals surface area contributed by atoms with Crippen LogP contribution in [-0.4, -0.2) is 22.6 Å². The number of hydrogen-bond acceptors (Lipinski definition) is 3. The van der Waals surface area contributed by atoms with Crippen molar-refractivity contribution in [2.45, 2.75) is 25.7 Å². The molecule has 1 aliphatic carbocycles. The summed E-state index contributed by atoms with van der Waals surface area (Å²) in [7, 11) is 0. The largest absolute Gasteiger partial charge is 0.330 e. The Labute approximate surface area is 111 Å². The lowest BCUT2D eigenvalue weighted by Crippen LogP contribution is -2.40. The molecule has 19 heavy (non-hydrogen) atoms. The lowest BCUT2D eigenvalue weighted by atomic mass is 9.66. The van der Waals surface area contributed by atoms with Crippen LogP contribution in [0.5, 0.6) is 0 Å². The molecule has 3 rings (SSSR count). The SMILES string of the molecule is NCC1(CC(=O)Nc2ccc3[nH]ncc3c2)CCC1. The van der Waals surface area contributed by atoms with Crippen LogP contribution in [0.3, 0.4) is 0 Å². The minimum Gasteiger partial charge on any atom is -0.330 e. The van der Waals surface area contributed by atoms with Crippen molar-refractivity contribution in [2.75, 3.05) is 11.9 Å². The molecular formula is C14H18N4O. The summed E-state index contributed by atoms with van der Waals surface area (Å²) in [5.41, 5.74) is 7.60. The van der Waals surface area contributed by atoms with Gasteiger partial charge in [0.2, 0.25) is 5.91 Å². The van der Waals surface area contributed by atoms with Gasteiger partial charge < -0.3 is 11.1 Å². The summed E-state index contributed by atoms with van der Waals surface area (Å²) < 4.78 is 0. The number of nitrogens with one attached hydrogen (secondary N) is 2. The number of anilines is 1. The third-order valence-electron chi connectivity index (χ3n) is 4.11. The van der Waals surface area contributed by atoms with Crippen LogP contribution in [0.1, 0.15) is 25.7 Å². The Morgan fingerprint density at radius 2 is 2.32 bits per heavy atom. The fraction of sp³-hybridized carbons (Fsp3) is 0.429. The number of H-pyrrole nitrogens is 1. The molecule has 0 aliphatic heterocycles. The van der Waals surface area contributed by atoms with Crippen LogP contribution < -0.4 is 11.1 Å². The molecule has 1 aromatic carbocycles. The third-order valence-corrected chi connectivity index (χ3v) is 4.11. The quantitative estimate of drug-likeness (QED) is 0.784. The first-order valence-electron chi connectivity index (χ1n) is 6.64. The van der Waals surface area contributed by atoms with Crippen LogP contribution in [0.15, 0.2) is 24.4 Å².